The summed E-state index contributed by atoms with van der Waals surface area (Å²) < 4.78 is 37.9. The van der Waals surface area contributed by atoms with E-state index in [0.717, 1.165) is 25.0 Å². The second-order valence-electron chi connectivity index (χ2n) is 7.38. The van der Waals surface area contributed by atoms with Crippen molar-refractivity contribution >= 4 is 10.1 Å². The second kappa shape index (κ2) is 16.7. The van der Waals surface area contributed by atoms with E-state index in [1.807, 2.05) is 0 Å². The van der Waals surface area contributed by atoms with Crippen LogP contribution in [0.1, 0.15) is 89.2 Å². The smallest absolute Gasteiger partial charge is 0.748 e. The Balaban J connectivity index is 0.00000729. The van der Waals surface area contributed by atoms with Crippen LogP contribution in [0.3, 0.4) is 0 Å². The summed E-state index contributed by atoms with van der Waals surface area (Å²) in [6, 6.07) is 6.50. The standard InChI is InChI=1S/C22H38O4S.Na/c1-3-5-7-9-13-20-15-16-22(21(19-20)14-10-8-6-4-2)26-17-11-12-18-27(23,24)25;/h15-16,19H,3-14,17-18H2,1-2H3,(H,23,24,25);/q;+1/p-1. The molecule has 28 heavy (non-hydrogen) atoms. The monoisotopic (exact) mass is 420 g/mol. The normalized spacial score (nSPS) is 11.2. The third-order valence-corrected chi connectivity index (χ3v) is 5.58. The molecule has 4 nitrogen and oxygen atoms in total. The van der Waals surface area contributed by atoms with Crippen LogP contribution in [-0.2, 0) is 23.0 Å². The second-order valence-corrected chi connectivity index (χ2v) is 8.90. The van der Waals surface area contributed by atoms with Crippen molar-refractivity contribution in [3.8, 4) is 5.75 Å². The van der Waals surface area contributed by atoms with Crippen LogP contribution in [0.15, 0.2) is 18.2 Å². The molecule has 0 unspecified atom stereocenters. The molecule has 0 spiro atoms. The predicted octanol–water partition coefficient (Wildman–Crippen LogP) is 2.64. The van der Waals surface area contributed by atoms with Gasteiger partial charge in [0, 0.05) is 5.75 Å². The SMILES string of the molecule is CCCCCCc1ccc(OCCCCS(=O)(=O)[O-])c(CCCCCC)c1.[Na+]. The molecule has 0 amide bonds. The van der Waals surface area contributed by atoms with Gasteiger partial charge in [0.15, 0.2) is 0 Å². The molecule has 0 N–H and O–H groups in total. The van der Waals surface area contributed by atoms with Crippen molar-refractivity contribution in [3.63, 3.8) is 0 Å². The Morgan fingerprint density at radius 2 is 1.50 bits per heavy atom. The van der Waals surface area contributed by atoms with E-state index in [1.54, 1.807) is 0 Å². The van der Waals surface area contributed by atoms with Crippen molar-refractivity contribution in [1.82, 2.24) is 0 Å². The van der Waals surface area contributed by atoms with Crippen LogP contribution >= 0.6 is 0 Å². The van der Waals surface area contributed by atoms with E-state index in [0.29, 0.717) is 19.4 Å². The molecular weight excluding hydrogens is 383 g/mol. The minimum absolute atomic E-state index is 0. The van der Waals surface area contributed by atoms with Gasteiger partial charge in [0.1, 0.15) is 5.75 Å². The zero-order chi connectivity index (χ0) is 20.0. The number of rotatable bonds is 16. The van der Waals surface area contributed by atoms with Crippen molar-refractivity contribution in [2.45, 2.75) is 90.9 Å². The van der Waals surface area contributed by atoms with Gasteiger partial charge in [-0.15, -0.1) is 0 Å². The van der Waals surface area contributed by atoms with Crippen LogP contribution in [0.4, 0.5) is 0 Å². The average molecular weight is 421 g/mol. The third kappa shape index (κ3) is 14.0. The first-order valence-electron chi connectivity index (χ1n) is 10.6. The molecule has 0 heterocycles. The van der Waals surface area contributed by atoms with Gasteiger partial charge in [0.05, 0.1) is 16.7 Å². The first kappa shape index (κ1) is 27.9. The molecule has 0 saturated carbocycles. The molecule has 6 heteroatoms. The van der Waals surface area contributed by atoms with Crippen molar-refractivity contribution in [2.24, 2.45) is 0 Å². The fraction of sp³-hybridized carbons (Fsp3) is 0.727. The predicted molar refractivity (Wildman–Crippen MR) is 111 cm³/mol. The number of ether oxygens (including phenoxy) is 1. The Labute approximate surface area is 194 Å². The van der Waals surface area contributed by atoms with E-state index in [4.69, 9.17) is 4.74 Å². The Kier molecular flexibility index (Phi) is 16.7. The summed E-state index contributed by atoms with van der Waals surface area (Å²) in [4.78, 5) is 0. The van der Waals surface area contributed by atoms with E-state index in [2.05, 4.69) is 32.0 Å². The molecule has 0 saturated heterocycles. The molecule has 0 radical (unpaired) electrons. The van der Waals surface area contributed by atoms with Crippen molar-refractivity contribution in [3.05, 3.63) is 29.3 Å². The summed E-state index contributed by atoms with van der Waals surface area (Å²) in [6.07, 6.45) is 13.0. The molecular formula is C22H37NaO4S. The summed E-state index contributed by atoms with van der Waals surface area (Å²) in [5, 5.41) is 0. The topological polar surface area (TPSA) is 66.4 Å². The van der Waals surface area contributed by atoms with Crippen LogP contribution in [0, 0.1) is 0 Å². The molecule has 156 valence electrons. The number of hydrogen-bond acceptors (Lipinski definition) is 4. The van der Waals surface area contributed by atoms with Gasteiger partial charge in [-0.2, -0.15) is 0 Å². The maximum Gasteiger partial charge on any atom is 1.00 e. The fourth-order valence-electron chi connectivity index (χ4n) is 3.19. The van der Waals surface area contributed by atoms with Crippen LogP contribution in [-0.4, -0.2) is 25.3 Å². The maximum atomic E-state index is 10.7. The van der Waals surface area contributed by atoms with E-state index >= 15 is 0 Å². The van der Waals surface area contributed by atoms with Gasteiger partial charge in [-0.25, -0.2) is 8.42 Å². The number of unbranched alkanes of at least 4 members (excludes halogenated alkanes) is 7. The summed E-state index contributed by atoms with van der Waals surface area (Å²) in [5.74, 6) is 0.602. The number of aryl methyl sites for hydroxylation is 2. The molecule has 1 aromatic rings. The third-order valence-electron chi connectivity index (χ3n) is 4.79. The zero-order valence-corrected chi connectivity index (χ0v) is 21.0. The first-order valence-corrected chi connectivity index (χ1v) is 12.2. The largest absolute Gasteiger partial charge is 1.00 e. The minimum Gasteiger partial charge on any atom is -0.748 e. The Morgan fingerprint density at radius 1 is 0.857 bits per heavy atom. The van der Waals surface area contributed by atoms with Crippen LogP contribution < -0.4 is 34.3 Å². The zero-order valence-electron chi connectivity index (χ0n) is 18.2. The molecule has 1 aromatic carbocycles. The molecule has 1 rings (SSSR count). The average Bonchev–Trinajstić information content (AvgIpc) is 2.62. The van der Waals surface area contributed by atoms with E-state index in [9.17, 15) is 13.0 Å². The molecule has 0 aliphatic carbocycles. The molecule has 0 aromatic heterocycles. The summed E-state index contributed by atoms with van der Waals surface area (Å²) in [5.41, 5.74) is 2.64. The fourth-order valence-corrected chi connectivity index (χ4v) is 3.74. The Morgan fingerprint density at radius 3 is 2.11 bits per heavy atom. The molecule has 0 aliphatic rings. The van der Waals surface area contributed by atoms with Gasteiger partial charge >= 0.3 is 29.6 Å². The van der Waals surface area contributed by atoms with Gasteiger partial charge in [0.25, 0.3) is 0 Å². The van der Waals surface area contributed by atoms with E-state index in [1.165, 1.54) is 56.1 Å². The van der Waals surface area contributed by atoms with Crippen molar-refractivity contribution < 1.29 is 47.3 Å². The quantitative estimate of drug-likeness (QED) is 0.234. The number of hydrogen-bond donors (Lipinski definition) is 0. The molecule has 0 aliphatic heterocycles. The van der Waals surface area contributed by atoms with E-state index in [-0.39, 0.29) is 35.3 Å². The summed E-state index contributed by atoms with van der Waals surface area (Å²) >= 11 is 0. The van der Waals surface area contributed by atoms with Crippen LogP contribution in [0.25, 0.3) is 0 Å². The van der Waals surface area contributed by atoms with Crippen LogP contribution in [0.2, 0.25) is 0 Å². The van der Waals surface area contributed by atoms with Gasteiger partial charge in [0.2, 0.25) is 0 Å². The maximum absolute atomic E-state index is 10.7. The summed E-state index contributed by atoms with van der Waals surface area (Å²) in [7, 11) is -4.12. The van der Waals surface area contributed by atoms with Crippen molar-refractivity contribution in [2.75, 3.05) is 12.4 Å². The first-order chi connectivity index (χ1) is 13.0. The van der Waals surface area contributed by atoms with Gasteiger partial charge in [-0.05, 0) is 55.7 Å². The van der Waals surface area contributed by atoms with Gasteiger partial charge in [-0.1, -0.05) is 64.5 Å². The minimum atomic E-state index is -4.12. The Bertz CT molecular complexity index is 617. The van der Waals surface area contributed by atoms with E-state index < -0.39 is 10.1 Å². The molecule has 0 fully saturated rings. The van der Waals surface area contributed by atoms with Crippen molar-refractivity contribution in [1.29, 1.82) is 0 Å². The number of benzene rings is 1. The summed E-state index contributed by atoms with van der Waals surface area (Å²) in [6.45, 7) is 4.90. The molecule has 0 atom stereocenters. The molecule has 0 bridgehead atoms. The Hall–Kier alpha value is -0.0700. The van der Waals surface area contributed by atoms with Crippen LogP contribution in [0.5, 0.6) is 5.75 Å². The van der Waals surface area contributed by atoms with Gasteiger partial charge < -0.3 is 9.29 Å². The van der Waals surface area contributed by atoms with Gasteiger partial charge in [-0.3, -0.25) is 0 Å².